The molecule has 1 heterocycles. The van der Waals surface area contributed by atoms with Crippen LogP contribution in [0.4, 0.5) is 0 Å². The molecule has 0 atom stereocenters. The van der Waals surface area contributed by atoms with Crippen molar-refractivity contribution in [3.63, 3.8) is 0 Å². The van der Waals surface area contributed by atoms with E-state index in [0.29, 0.717) is 11.5 Å². The van der Waals surface area contributed by atoms with E-state index in [1.165, 1.54) is 6.07 Å². The van der Waals surface area contributed by atoms with Gasteiger partial charge in [-0.15, -0.1) is 0 Å². The second-order valence-electron chi connectivity index (χ2n) is 1.94. The van der Waals surface area contributed by atoms with Gasteiger partial charge in [-0.2, -0.15) is 0 Å². The highest BCUT2D eigenvalue weighted by atomic mass is 16.7. The summed E-state index contributed by atoms with van der Waals surface area (Å²) in [5, 5.41) is 9.10. The fraction of sp³-hybridized carbons (Fsp3) is 0.143. The molecular weight excluding hydrogens is 132 g/mol. The highest BCUT2D eigenvalue weighted by Gasteiger charge is 2.15. The van der Waals surface area contributed by atoms with Crippen LogP contribution in [0.15, 0.2) is 12.1 Å². The lowest BCUT2D eigenvalue weighted by Gasteiger charge is -1.95. The third-order valence-corrected chi connectivity index (χ3v) is 1.31. The number of benzene rings is 1. The summed E-state index contributed by atoms with van der Waals surface area (Å²) < 4.78 is 9.90. The summed E-state index contributed by atoms with van der Waals surface area (Å²) in [4.78, 5) is 0. The van der Waals surface area contributed by atoms with Crippen LogP contribution in [0.2, 0.25) is 0 Å². The van der Waals surface area contributed by atoms with Crippen molar-refractivity contribution in [1.82, 2.24) is 0 Å². The largest absolute Gasteiger partial charge is 0.504 e. The third-order valence-electron chi connectivity index (χ3n) is 1.31. The van der Waals surface area contributed by atoms with Gasteiger partial charge >= 0.3 is 0 Å². The van der Waals surface area contributed by atoms with Crippen molar-refractivity contribution in [1.29, 1.82) is 0 Å². The molecule has 0 saturated carbocycles. The molecule has 0 spiro atoms. The van der Waals surface area contributed by atoms with Gasteiger partial charge in [0.25, 0.3) is 0 Å². The molecule has 0 aliphatic carbocycles. The number of ether oxygens (including phenoxy) is 2. The SMILES string of the molecule is Oc1c[c]cc2c1OCO2. The molecule has 0 fully saturated rings. The summed E-state index contributed by atoms with van der Waals surface area (Å²) in [5.74, 6) is 1.05. The van der Waals surface area contributed by atoms with E-state index in [-0.39, 0.29) is 12.5 Å². The summed E-state index contributed by atoms with van der Waals surface area (Å²) in [6.45, 7) is 0.181. The fourth-order valence-corrected chi connectivity index (χ4v) is 0.858. The van der Waals surface area contributed by atoms with Crippen molar-refractivity contribution < 1.29 is 14.6 Å². The number of aromatic hydroxyl groups is 1. The Morgan fingerprint density at radius 2 is 2.30 bits per heavy atom. The standard InChI is InChI=1S/C7H5O3/c8-5-2-1-3-6-7(5)10-4-9-6/h2-3,8H,4H2. The molecule has 1 aliphatic rings. The van der Waals surface area contributed by atoms with E-state index in [4.69, 9.17) is 14.6 Å². The normalized spacial score (nSPS) is 13.6. The predicted octanol–water partition coefficient (Wildman–Crippen LogP) is 0.921. The number of rotatable bonds is 0. The molecular formula is C7H5O3. The summed E-state index contributed by atoms with van der Waals surface area (Å²) >= 11 is 0. The second-order valence-corrected chi connectivity index (χ2v) is 1.94. The van der Waals surface area contributed by atoms with Crippen molar-refractivity contribution in [2.75, 3.05) is 6.79 Å². The summed E-state index contributed by atoms with van der Waals surface area (Å²) in [7, 11) is 0. The molecule has 51 valence electrons. The first-order valence-electron chi connectivity index (χ1n) is 2.86. The quantitative estimate of drug-likeness (QED) is 0.577. The lowest BCUT2D eigenvalue weighted by molar-refractivity contribution is 0.171. The average Bonchev–Trinajstić information content (AvgIpc) is 2.36. The van der Waals surface area contributed by atoms with Gasteiger partial charge in [-0.05, 0) is 18.2 Å². The van der Waals surface area contributed by atoms with E-state index >= 15 is 0 Å². The molecule has 3 heteroatoms. The highest BCUT2D eigenvalue weighted by Crippen LogP contribution is 2.38. The van der Waals surface area contributed by atoms with Crippen molar-refractivity contribution >= 4 is 0 Å². The number of phenolic OH excluding ortho intramolecular Hbond substituents is 1. The monoisotopic (exact) mass is 137 g/mol. The molecule has 1 aliphatic heterocycles. The van der Waals surface area contributed by atoms with Gasteiger partial charge in [0.15, 0.2) is 11.5 Å². The van der Waals surface area contributed by atoms with Crippen molar-refractivity contribution in [2.24, 2.45) is 0 Å². The zero-order chi connectivity index (χ0) is 6.97. The molecule has 3 nitrogen and oxygen atoms in total. The van der Waals surface area contributed by atoms with Crippen molar-refractivity contribution in [2.45, 2.75) is 0 Å². The fourth-order valence-electron chi connectivity index (χ4n) is 0.858. The van der Waals surface area contributed by atoms with E-state index in [1.54, 1.807) is 6.07 Å². The Morgan fingerprint density at radius 1 is 1.40 bits per heavy atom. The predicted molar refractivity (Wildman–Crippen MR) is 33.1 cm³/mol. The minimum atomic E-state index is 0.0787. The Morgan fingerprint density at radius 3 is 3.10 bits per heavy atom. The summed E-state index contributed by atoms with van der Waals surface area (Å²) in [5.41, 5.74) is 0. The van der Waals surface area contributed by atoms with Crippen LogP contribution in [0, 0.1) is 6.07 Å². The summed E-state index contributed by atoms with van der Waals surface area (Å²) in [6, 6.07) is 5.77. The third kappa shape index (κ3) is 0.603. The van der Waals surface area contributed by atoms with Crippen LogP contribution in [-0.4, -0.2) is 11.9 Å². The maximum atomic E-state index is 9.10. The van der Waals surface area contributed by atoms with Gasteiger partial charge < -0.3 is 14.6 Å². The number of hydrogen-bond donors (Lipinski definition) is 1. The van der Waals surface area contributed by atoms with Crippen LogP contribution < -0.4 is 9.47 Å². The molecule has 10 heavy (non-hydrogen) atoms. The molecule has 1 aromatic carbocycles. The number of fused-ring (bicyclic) bond motifs is 1. The molecule has 0 saturated heterocycles. The van der Waals surface area contributed by atoms with Gasteiger partial charge in [0, 0.05) is 0 Å². The Hall–Kier alpha value is -1.38. The highest BCUT2D eigenvalue weighted by molar-refractivity contribution is 5.50. The van der Waals surface area contributed by atoms with Gasteiger partial charge in [-0.3, -0.25) is 0 Å². The molecule has 0 bridgehead atoms. The Labute approximate surface area is 57.8 Å². The number of hydrogen-bond acceptors (Lipinski definition) is 3. The Bertz CT molecular complexity index is 257. The van der Waals surface area contributed by atoms with Crippen molar-refractivity contribution in [3.05, 3.63) is 18.2 Å². The van der Waals surface area contributed by atoms with Crippen LogP contribution in [-0.2, 0) is 0 Å². The van der Waals surface area contributed by atoms with Gasteiger partial charge in [0.05, 0.1) is 0 Å². The van der Waals surface area contributed by atoms with E-state index < -0.39 is 0 Å². The molecule has 1 radical (unpaired) electrons. The van der Waals surface area contributed by atoms with E-state index in [9.17, 15) is 0 Å². The Balaban J connectivity index is 2.59. The molecule has 2 rings (SSSR count). The topological polar surface area (TPSA) is 38.7 Å². The van der Waals surface area contributed by atoms with Crippen LogP contribution in [0.3, 0.4) is 0 Å². The van der Waals surface area contributed by atoms with Gasteiger partial charge in [-0.25, -0.2) is 0 Å². The van der Waals surface area contributed by atoms with Crippen LogP contribution in [0.5, 0.6) is 17.2 Å². The van der Waals surface area contributed by atoms with Gasteiger partial charge in [0.2, 0.25) is 12.5 Å². The first-order chi connectivity index (χ1) is 4.88. The maximum Gasteiger partial charge on any atom is 0.231 e. The molecule has 0 unspecified atom stereocenters. The molecule has 1 aromatic rings. The molecule has 0 aromatic heterocycles. The van der Waals surface area contributed by atoms with Crippen LogP contribution in [0.1, 0.15) is 0 Å². The first kappa shape index (κ1) is 5.41. The van der Waals surface area contributed by atoms with Crippen LogP contribution in [0.25, 0.3) is 0 Å². The molecule has 1 N–H and O–H groups in total. The van der Waals surface area contributed by atoms with E-state index in [0.717, 1.165) is 0 Å². The molecule has 0 amide bonds. The zero-order valence-corrected chi connectivity index (χ0v) is 5.13. The second kappa shape index (κ2) is 1.80. The van der Waals surface area contributed by atoms with Crippen molar-refractivity contribution in [3.8, 4) is 17.2 Å². The number of phenols is 1. The minimum Gasteiger partial charge on any atom is -0.504 e. The Kier molecular flexibility index (Phi) is 0.974. The first-order valence-corrected chi connectivity index (χ1v) is 2.86. The smallest absolute Gasteiger partial charge is 0.231 e. The van der Waals surface area contributed by atoms with Gasteiger partial charge in [-0.1, -0.05) is 0 Å². The lowest BCUT2D eigenvalue weighted by atomic mass is 10.3. The minimum absolute atomic E-state index is 0.0787. The average molecular weight is 137 g/mol. The summed E-state index contributed by atoms with van der Waals surface area (Å²) in [6.07, 6.45) is 0. The van der Waals surface area contributed by atoms with E-state index in [2.05, 4.69) is 6.07 Å². The van der Waals surface area contributed by atoms with Gasteiger partial charge in [0.1, 0.15) is 0 Å². The maximum absolute atomic E-state index is 9.10. The van der Waals surface area contributed by atoms with E-state index in [1.807, 2.05) is 0 Å². The van der Waals surface area contributed by atoms with Crippen LogP contribution >= 0.6 is 0 Å². The zero-order valence-electron chi connectivity index (χ0n) is 5.13. The lowest BCUT2D eigenvalue weighted by Crippen LogP contribution is -1.93.